The van der Waals surface area contributed by atoms with Gasteiger partial charge in [0, 0.05) is 24.8 Å². The predicted octanol–water partition coefficient (Wildman–Crippen LogP) is -7.73. The second kappa shape index (κ2) is 11.6. The quantitative estimate of drug-likeness (QED) is 0.238. The van der Waals surface area contributed by atoms with Crippen molar-refractivity contribution in [3.63, 3.8) is 0 Å². The molecule has 0 aliphatic rings. The number of carbonyl (C=O) groups is 4. The van der Waals surface area contributed by atoms with Gasteiger partial charge in [-0.2, -0.15) is 16.8 Å². The Morgan fingerprint density at radius 2 is 0.880 bits per heavy atom. The number of hydrogen-bond donors (Lipinski definition) is 2. The van der Waals surface area contributed by atoms with E-state index in [-0.39, 0.29) is 39.9 Å². The molecule has 140 valence electrons. The van der Waals surface area contributed by atoms with Crippen LogP contribution in [0.4, 0.5) is 0 Å². The minimum Gasteiger partial charge on any atom is -0.550 e. The molecule has 2 atom stereocenters. The van der Waals surface area contributed by atoms with Crippen molar-refractivity contribution in [3.8, 4) is 0 Å². The number of aliphatic carboxylic acids is 4. The molecule has 2 unspecified atom stereocenters. The van der Waals surface area contributed by atoms with Crippen LogP contribution in [0.2, 0.25) is 0 Å². The molecule has 0 saturated carbocycles. The van der Waals surface area contributed by atoms with Crippen LogP contribution in [0.15, 0.2) is 0 Å². The molecule has 0 aromatic carbocycles. The fourth-order valence-electron chi connectivity index (χ4n) is 0.923. The summed E-state index contributed by atoms with van der Waals surface area (Å²) in [5.74, 6) is -8.16. The topological polar surface area (TPSA) is 269 Å². The van der Waals surface area contributed by atoms with Crippen LogP contribution in [-0.2, 0) is 39.4 Å². The summed E-state index contributed by atoms with van der Waals surface area (Å²) < 4.78 is 56.9. The van der Waals surface area contributed by atoms with E-state index in [4.69, 9.17) is 9.11 Å². The van der Waals surface area contributed by atoms with Crippen LogP contribution in [0.1, 0.15) is 12.8 Å². The summed E-state index contributed by atoms with van der Waals surface area (Å²) in [6.45, 7) is 0. The van der Waals surface area contributed by atoms with Crippen LogP contribution in [0.3, 0.4) is 0 Å². The standard InChI is InChI=1S/2C4H6O7S.Th/c2*5-3(6)1-2(4(7)8)12(9,10)11;/h2*2H,1H2,(H,5,6)(H,7,8)(H,9,10,11);/q;;+4/p-4. The van der Waals surface area contributed by atoms with Gasteiger partial charge in [-0.1, -0.05) is 0 Å². The average Bonchev–Trinajstić information content (AvgIpc) is 2.30. The van der Waals surface area contributed by atoms with Gasteiger partial charge in [-0.25, -0.2) is 0 Å². The molecule has 17 heteroatoms. The molecule has 2 N–H and O–H groups in total. The molecular weight excluding hydrogens is 616 g/mol. The van der Waals surface area contributed by atoms with Gasteiger partial charge in [-0.15, -0.1) is 0 Å². The molecule has 0 bridgehead atoms. The first-order chi connectivity index (χ1) is 10.5. The molecule has 0 amide bonds. The molecule has 14 nitrogen and oxygen atoms in total. The van der Waals surface area contributed by atoms with Crippen molar-refractivity contribution in [3.05, 3.63) is 0 Å². The van der Waals surface area contributed by atoms with Gasteiger partial charge < -0.3 is 39.6 Å². The molecule has 0 heterocycles. The maximum Gasteiger partial charge on any atom is 4.00 e. The molecule has 0 saturated heterocycles. The third-order valence-electron chi connectivity index (χ3n) is 1.95. The van der Waals surface area contributed by atoms with Crippen molar-refractivity contribution in [2.24, 2.45) is 0 Å². The second-order valence-corrected chi connectivity index (χ2v) is 7.00. The summed E-state index contributed by atoms with van der Waals surface area (Å²) >= 11 is 0. The zero-order valence-corrected chi connectivity index (χ0v) is 17.4. The van der Waals surface area contributed by atoms with Gasteiger partial charge in [0.05, 0.1) is 11.9 Å². The first kappa shape index (κ1) is 28.8. The number of hydrogen-bond acceptors (Lipinski definition) is 12. The van der Waals surface area contributed by atoms with E-state index in [1.165, 1.54) is 0 Å². The van der Waals surface area contributed by atoms with Crippen molar-refractivity contribution < 1.29 is 105 Å². The maximum atomic E-state index is 10.2. The largest absolute Gasteiger partial charge is 4.00 e. The predicted molar refractivity (Wildman–Crippen MR) is 59.9 cm³/mol. The molecule has 0 rings (SSSR count). The van der Waals surface area contributed by atoms with Crippen molar-refractivity contribution in [2.75, 3.05) is 0 Å². The van der Waals surface area contributed by atoms with Crippen LogP contribution in [0.5, 0.6) is 0 Å². The molecule has 0 fully saturated rings. The molecule has 0 aliphatic carbocycles. The second-order valence-electron chi connectivity index (χ2n) is 3.80. The minimum atomic E-state index is -4.94. The van der Waals surface area contributed by atoms with E-state index in [1.54, 1.807) is 0 Å². The summed E-state index contributed by atoms with van der Waals surface area (Å²) in [5.41, 5.74) is 0. The summed E-state index contributed by atoms with van der Waals surface area (Å²) in [6, 6.07) is 0. The zero-order chi connectivity index (χ0) is 19.9. The Kier molecular flexibility index (Phi) is 13.4. The summed E-state index contributed by atoms with van der Waals surface area (Å²) in [4.78, 5) is 39.4. The van der Waals surface area contributed by atoms with E-state index in [9.17, 15) is 56.4 Å². The van der Waals surface area contributed by atoms with Crippen LogP contribution < -0.4 is 20.4 Å². The van der Waals surface area contributed by atoms with E-state index >= 15 is 0 Å². The van der Waals surface area contributed by atoms with Gasteiger partial charge >= 0.3 is 39.9 Å². The molecule has 0 aliphatic heterocycles. The van der Waals surface area contributed by atoms with Gasteiger partial charge in [0.2, 0.25) is 0 Å². The SMILES string of the molecule is O=C([O-])CC(C(=O)[O-])S(=O)(=O)O.O=C([O-])CC(C(=O)[O-])S(=O)(=O)O.[Th+4]. The fourth-order valence-corrected chi connectivity index (χ4v) is 2.10. The number of carboxylic acid groups (broad SMARTS) is 4. The van der Waals surface area contributed by atoms with Crippen LogP contribution in [0, 0.1) is 39.9 Å². The summed E-state index contributed by atoms with van der Waals surface area (Å²) in [7, 11) is -9.88. The van der Waals surface area contributed by atoms with Gasteiger partial charge in [-0.05, 0) is 0 Å². The molecule has 0 spiro atoms. The van der Waals surface area contributed by atoms with Gasteiger partial charge in [-0.3, -0.25) is 9.11 Å². The van der Waals surface area contributed by atoms with Crippen LogP contribution >= 0.6 is 0 Å². The van der Waals surface area contributed by atoms with E-state index < -0.39 is 67.5 Å². The monoisotopic (exact) mass is 624 g/mol. The van der Waals surface area contributed by atoms with E-state index in [2.05, 4.69) is 0 Å². The van der Waals surface area contributed by atoms with Gasteiger partial charge in [0.25, 0.3) is 20.2 Å². The summed E-state index contributed by atoms with van der Waals surface area (Å²) in [6.07, 6.45) is -2.66. The van der Waals surface area contributed by atoms with E-state index in [0.29, 0.717) is 0 Å². The van der Waals surface area contributed by atoms with Crippen LogP contribution in [-0.4, -0.2) is 60.3 Å². The Morgan fingerprint density at radius 3 is 0.920 bits per heavy atom. The summed E-state index contributed by atoms with van der Waals surface area (Å²) in [5, 5.41) is 34.5. The molecule has 0 radical (unpaired) electrons. The normalized spacial score (nSPS) is 13.2. The third kappa shape index (κ3) is 13.9. The van der Waals surface area contributed by atoms with Crippen molar-refractivity contribution >= 4 is 44.1 Å². The smallest absolute Gasteiger partial charge is 0.550 e. The van der Waals surface area contributed by atoms with Crippen molar-refractivity contribution in [1.82, 2.24) is 0 Å². The first-order valence-corrected chi connectivity index (χ1v) is 8.24. The molecule has 0 aromatic heterocycles. The zero-order valence-electron chi connectivity index (χ0n) is 11.7. The van der Waals surface area contributed by atoms with Crippen LogP contribution in [0.25, 0.3) is 0 Å². The van der Waals surface area contributed by atoms with Gasteiger partial charge in [0.1, 0.15) is 10.5 Å². The Bertz CT molecular complexity index is 645. The number of rotatable bonds is 8. The first-order valence-electron chi connectivity index (χ1n) is 5.24. The van der Waals surface area contributed by atoms with Crippen molar-refractivity contribution in [1.29, 1.82) is 0 Å². The Balaban J connectivity index is -0.000000372. The molecular formula is C8H8O14S2Th. The Hall–Kier alpha value is -0.975. The van der Waals surface area contributed by atoms with Gasteiger partial charge in [0.15, 0.2) is 0 Å². The number of carboxylic acids is 4. The van der Waals surface area contributed by atoms with E-state index in [0.717, 1.165) is 0 Å². The fraction of sp³-hybridized carbons (Fsp3) is 0.500. The van der Waals surface area contributed by atoms with E-state index in [1.807, 2.05) is 0 Å². The van der Waals surface area contributed by atoms with Crippen molar-refractivity contribution in [2.45, 2.75) is 23.3 Å². The third-order valence-corrected chi connectivity index (χ3v) is 4.11. The Labute approximate surface area is 172 Å². The maximum absolute atomic E-state index is 10.2. The average molecular weight is 624 g/mol. The molecule has 0 aromatic rings. The molecule has 25 heavy (non-hydrogen) atoms. The number of carbonyl (C=O) groups excluding carboxylic acids is 4. The Morgan fingerprint density at radius 1 is 0.680 bits per heavy atom. The minimum absolute atomic E-state index is 0.